The number of rotatable bonds is 9. The number of carbonyl (C=O) groups excluding carboxylic acids is 1. The quantitative estimate of drug-likeness (QED) is 0.221. The molecule has 0 atom stereocenters. The van der Waals surface area contributed by atoms with E-state index < -0.39 is 32.6 Å². The first-order chi connectivity index (χ1) is 19.2. The van der Waals surface area contributed by atoms with Crippen LogP contribution < -0.4 is 13.6 Å². The number of ether oxygens (including phenoxy) is 1. The van der Waals surface area contributed by atoms with Crippen molar-refractivity contribution in [3.63, 3.8) is 0 Å². The van der Waals surface area contributed by atoms with Crippen LogP contribution in [0.4, 0.5) is 0 Å². The summed E-state index contributed by atoms with van der Waals surface area (Å²) < 4.78 is 47.3. The van der Waals surface area contributed by atoms with Gasteiger partial charge < -0.3 is 13.6 Å². The molecule has 1 aliphatic rings. The first kappa shape index (κ1) is 34.3. The largest absolute Gasteiger partial charge is 0.543 e. The average Bonchev–Trinajstić information content (AvgIpc) is 2.87. The number of benzene rings is 2. The van der Waals surface area contributed by atoms with Crippen LogP contribution in [0.25, 0.3) is 0 Å². The molecule has 2 aromatic rings. The van der Waals surface area contributed by atoms with Crippen molar-refractivity contribution in [3.8, 4) is 11.5 Å². The summed E-state index contributed by atoms with van der Waals surface area (Å²) in [6.07, 6.45) is 3.16. The van der Waals surface area contributed by atoms with Gasteiger partial charge in [-0.05, 0) is 104 Å². The molecule has 10 heteroatoms. The van der Waals surface area contributed by atoms with Crippen LogP contribution >= 0.6 is 0 Å². The fraction of sp³-hybridized carbons (Fsp3) is 0.594. The molecule has 1 saturated carbocycles. The molecule has 2 aromatic carbocycles. The van der Waals surface area contributed by atoms with E-state index in [0.29, 0.717) is 5.56 Å². The maximum Gasteiger partial charge on any atom is 0.337 e. The zero-order valence-electron chi connectivity index (χ0n) is 27.4. The van der Waals surface area contributed by atoms with E-state index >= 15 is 0 Å². The molecule has 0 aliphatic heterocycles. The van der Waals surface area contributed by atoms with Gasteiger partial charge in [-0.2, -0.15) is 0 Å². The molecule has 234 valence electrons. The van der Waals surface area contributed by atoms with Crippen LogP contribution in [0.15, 0.2) is 47.4 Å². The molecular weight excluding hydrogens is 583 g/mol. The number of sulfonamides is 1. The first-order valence-corrected chi connectivity index (χ1v) is 22.2. The molecule has 0 aromatic heterocycles. The van der Waals surface area contributed by atoms with E-state index in [4.69, 9.17) is 13.6 Å². The summed E-state index contributed by atoms with van der Waals surface area (Å²) in [5.74, 6) is 1.54. The van der Waals surface area contributed by atoms with E-state index in [0.717, 1.165) is 37.2 Å². The molecule has 0 heterocycles. The highest BCUT2D eigenvalue weighted by Crippen LogP contribution is 2.45. The van der Waals surface area contributed by atoms with Crippen molar-refractivity contribution < 1.29 is 26.8 Å². The van der Waals surface area contributed by atoms with Gasteiger partial charge in [0, 0.05) is 12.1 Å². The number of hydrogen-bond donors (Lipinski definition) is 1. The highest BCUT2D eigenvalue weighted by Gasteiger charge is 2.41. The molecule has 1 aliphatic carbocycles. The Morgan fingerprint density at radius 3 is 1.83 bits per heavy atom. The Bertz CT molecular complexity index is 1350. The SMILES string of the molecule is COC(=O)c1ccc(S(=O)(=O)N[C@H]2CC[C@@H](c3ccc(O[Si](C)(C)C(C)(C)C)cc3O[Si](C)(C)C(C)(C)C)CC2)cc1. The van der Waals surface area contributed by atoms with Gasteiger partial charge in [-0.1, -0.05) is 47.6 Å². The summed E-state index contributed by atoms with van der Waals surface area (Å²) in [5.41, 5.74) is 1.50. The van der Waals surface area contributed by atoms with Crippen LogP contribution in [-0.2, 0) is 14.8 Å². The van der Waals surface area contributed by atoms with E-state index in [2.05, 4.69) is 90.7 Å². The van der Waals surface area contributed by atoms with Crippen molar-refractivity contribution in [2.45, 2.75) is 120 Å². The summed E-state index contributed by atoms with van der Waals surface area (Å²) in [4.78, 5) is 11.8. The molecule has 1 N–H and O–H groups in total. The number of carbonyl (C=O) groups is 1. The van der Waals surface area contributed by atoms with Crippen molar-refractivity contribution in [1.29, 1.82) is 0 Å². The predicted octanol–water partition coefficient (Wildman–Crippen LogP) is 8.25. The Hall–Kier alpha value is -2.15. The average molecular weight is 634 g/mol. The minimum absolute atomic E-state index is 0.0472. The summed E-state index contributed by atoms with van der Waals surface area (Å²) in [6.45, 7) is 22.5. The van der Waals surface area contributed by atoms with Gasteiger partial charge in [-0.15, -0.1) is 0 Å². The highest BCUT2D eigenvalue weighted by molar-refractivity contribution is 7.89. The third-order valence-corrected chi connectivity index (χ3v) is 19.6. The molecule has 0 unspecified atom stereocenters. The minimum Gasteiger partial charge on any atom is -0.543 e. The van der Waals surface area contributed by atoms with Crippen molar-refractivity contribution in [2.24, 2.45) is 0 Å². The van der Waals surface area contributed by atoms with Crippen LogP contribution in [0.5, 0.6) is 11.5 Å². The molecule has 0 saturated heterocycles. The number of methoxy groups -OCH3 is 1. The normalized spacial score (nSPS) is 18.8. The van der Waals surface area contributed by atoms with Crippen LogP contribution in [0.3, 0.4) is 0 Å². The Labute approximate surface area is 256 Å². The summed E-state index contributed by atoms with van der Waals surface area (Å²) >= 11 is 0. The standard InChI is InChI=1S/C32H51NO6SSi2/c1-31(2,3)41(8,9)38-26-18-21-28(29(22-26)39-42(10,11)32(4,5)6)23-12-16-25(17-13-23)33-40(35,36)27-19-14-24(15-20-27)30(34)37-7/h14-15,18-23,25,33H,12-13,16-17H2,1-11H3/t23-,25+. The zero-order chi connectivity index (χ0) is 31.7. The van der Waals surface area contributed by atoms with Crippen molar-refractivity contribution in [1.82, 2.24) is 4.72 Å². The molecular formula is C32H51NO6SSi2. The van der Waals surface area contributed by atoms with Crippen molar-refractivity contribution >= 4 is 32.6 Å². The maximum atomic E-state index is 13.1. The predicted molar refractivity (Wildman–Crippen MR) is 175 cm³/mol. The summed E-state index contributed by atoms with van der Waals surface area (Å²) in [7, 11) is -6.56. The molecule has 42 heavy (non-hydrogen) atoms. The molecule has 0 amide bonds. The fourth-order valence-electron chi connectivity index (χ4n) is 4.58. The van der Waals surface area contributed by atoms with Crippen LogP contribution in [-0.4, -0.2) is 44.2 Å². The van der Waals surface area contributed by atoms with E-state index in [1.165, 1.54) is 36.9 Å². The second-order valence-electron chi connectivity index (χ2n) is 14.6. The number of hydrogen-bond acceptors (Lipinski definition) is 6. The number of nitrogens with one attached hydrogen (secondary N) is 1. The van der Waals surface area contributed by atoms with Crippen LogP contribution in [0.2, 0.25) is 36.3 Å². The van der Waals surface area contributed by atoms with Crippen LogP contribution in [0.1, 0.15) is 89.1 Å². The Kier molecular flexibility index (Phi) is 10.2. The molecule has 0 spiro atoms. The Morgan fingerprint density at radius 1 is 0.810 bits per heavy atom. The highest BCUT2D eigenvalue weighted by atomic mass is 32.2. The Balaban J connectivity index is 1.79. The second-order valence-corrected chi connectivity index (χ2v) is 25.8. The lowest BCUT2D eigenvalue weighted by Crippen LogP contribution is -2.44. The molecule has 1 fully saturated rings. The molecule has 0 radical (unpaired) electrons. The smallest absolute Gasteiger partial charge is 0.337 e. The van der Waals surface area contributed by atoms with Crippen LogP contribution in [0, 0.1) is 0 Å². The summed E-state index contributed by atoms with van der Waals surface area (Å²) in [6, 6.07) is 12.0. The van der Waals surface area contributed by atoms with Gasteiger partial charge in [0.1, 0.15) is 11.5 Å². The summed E-state index contributed by atoms with van der Waals surface area (Å²) in [5, 5.41) is 0.132. The van der Waals surface area contributed by atoms with Crippen molar-refractivity contribution in [2.75, 3.05) is 7.11 Å². The molecule has 0 bridgehead atoms. The fourth-order valence-corrected chi connectivity index (χ4v) is 7.94. The van der Waals surface area contributed by atoms with E-state index in [9.17, 15) is 13.2 Å². The second kappa shape index (κ2) is 12.5. The Morgan fingerprint density at radius 2 is 1.33 bits per heavy atom. The monoisotopic (exact) mass is 633 g/mol. The van der Waals surface area contributed by atoms with E-state index in [1.54, 1.807) is 0 Å². The first-order valence-electron chi connectivity index (χ1n) is 14.9. The zero-order valence-corrected chi connectivity index (χ0v) is 30.2. The van der Waals surface area contributed by atoms with E-state index in [1.807, 2.05) is 0 Å². The van der Waals surface area contributed by atoms with Gasteiger partial charge in [0.2, 0.25) is 26.7 Å². The molecule has 3 rings (SSSR count). The van der Waals surface area contributed by atoms with Gasteiger partial charge >= 0.3 is 5.97 Å². The van der Waals surface area contributed by atoms with Crippen molar-refractivity contribution in [3.05, 3.63) is 53.6 Å². The third-order valence-electron chi connectivity index (χ3n) is 9.41. The van der Waals surface area contributed by atoms with Gasteiger partial charge in [-0.25, -0.2) is 17.9 Å². The molecule has 7 nitrogen and oxygen atoms in total. The minimum atomic E-state index is -3.71. The number of esters is 1. The lowest BCUT2D eigenvalue weighted by atomic mass is 9.81. The van der Waals surface area contributed by atoms with Gasteiger partial charge in [-0.3, -0.25) is 0 Å². The topological polar surface area (TPSA) is 90.9 Å². The van der Waals surface area contributed by atoms with Gasteiger partial charge in [0.05, 0.1) is 17.6 Å². The van der Waals surface area contributed by atoms with E-state index in [-0.39, 0.29) is 26.9 Å². The third kappa shape index (κ3) is 8.06. The lowest BCUT2D eigenvalue weighted by molar-refractivity contribution is 0.0600. The lowest BCUT2D eigenvalue weighted by Gasteiger charge is -2.39. The van der Waals surface area contributed by atoms with Gasteiger partial charge in [0.15, 0.2) is 0 Å². The maximum absolute atomic E-state index is 13.1. The van der Waals surface area contributed by atoms with Gasteiger partial charge in [0.25, 0.3) is 0 Å².